The largest absolute Gasteiger partial charge is 0.492 e. The summed E-state index contributed by atoms with van der Waals surface area (Å²) in [7, 11) is 6.07. The number of likely N-dealkylation sites (N-methyl/N-ethyl adjacent to an activating group) is 1. The highest BCUT2D eigenvalue weighted by atomic mass is 16.7. The topological polar surface area (TPSA) is 36.9 Å². The zero-order valence-corrected chi connectivity index (χ0v) is 16.0. The van der Waals surface area contributed by atoms with Gasteiger partial charge in [0.2, 0.25) is 12.5 Å². The minimum atomic E-state index is -0.0161. The van der Waals surface area contributed by atoms with Crippen LogP contribution in [0.1, 0.15) is 17.2 Å². The molecule has 0 saturated carbocycles. The molecular formula is C22H24NO4+. The Hall–Kier alpha value is -2.84. The number of rotatable bonds is 3. The number of nitrogens with zero attached hydrogens (tertiary/aromatic N) is 1. The van der Waals surface area contributed by atoms with Crippen LogP contribution in [0.3, 0.4) is 0 Å². The van der Waals surface area contributed by atoms with E-state index in [1.807, 2.05) is 30.3 Å². The van der Waals surface area contributed by atoms with E-state index in [9.17, 15) is 0 Å². The number of benzene rings is 2. The highest BCUT2D eigenvalue weighted by Crippen LogP contribution is 2.50. The second-order valence-corrected chi connectivity index (χ2v) is 7.29. The fourth-order valence-corrected chi connectivity index (χ4v) is 3.70. The number of hydrogen-bond acceptors (Lipinski definition) is 4. The molecule has 0 fully saturated rings. The fraction of sp³-hybridized carbons (Fsp3) is 0.364. The molecule has 0 unspecified atom stereocenters. The number of methoxy groups -OCH3 is 1. The third-order valence-corrected chi connectivity index (χ3v) is 5.17. The van der Waals surface area contributed by atoms with Crippen molar-refractivity contribution in [1.82, 2.24) is 0 Å². The minimum Gasteiger partial charge on any atom is -0.492 e. The quantitative estimate of drug-likeness (QED) is 0.618. The predicted octanol–water partition coefficient (Wildman–Crippen LogP) is 3.18. The Bertz CT molecular complexity index is 896. The predicted molar refractivity (Wildman–Crippen MR) is 102 cm³/mol. The van der Waals surface area contributed by atoms with Crippen LogP contribution in [0.4, 0.5) is 0 Å². The summed E-state index contributed by atoms with van der Waals surface area (Å²) in [4.78, 5) is 0. The lowest BCUT2D eigenvalue weighted by molar-refractivity contribution is -0.914. The zero-order chi connectivity index (χ0) is 18.9. The summed E-state index contributed by atoms with van der Waals surface area (Å²) >= 11 is 0. The lowest BCUT2D eigenvalue weighted by Gasteiger charge is -2.40. The molecule has 1 atom stereocenters. The summed E-state index contributed by atoms with van der Waals surface area (Å²) in [5, 5.41) is 0. The summed E-state index contributed by atoms with van der Waals surface area (Å²) in [5.74, 6) is 9.64. The average molecular weight is 366 g/mol. The van der Waals surface area contributed by atoms with Gasteiger partial charge in [-0.2, -0.15) is 0 Å². The van der Waals surface area contributed by atoms with E-state index < -0.39 is 0 Å². The normalized spacial score (nSPS) is 18.9. The van der Waals surface area contributed by atoms with Gasteiger partial charge in [-0.1, -0.05) is 24.1 Å². The molecule has 140 valence electrons. The first-order chi connectivity index (χ1) is 13.1. The molecule has 0 aromatic heterocycles. The van der Waals surface area contributed by atoms with Crippen molar-refractivity contribution in [3.05, 3.63) is 47.5 Å². The number of fused-ring (bicyclic) bond motifs is 2. The molecule has 0 saturated heterocycles. The molecule has 0 spiro atoms. The Morgan fingerprint density at radius 2 is 2.00 bits per heavy atom. The number of quaternary nitrogens is 1. The van der Waals surface area contributed by atoms with Crippen molar-refractivity contribution in [2.75, 3.05) is 41.1 Å². The zero-order valence-electron chi connectivity index (χ0n) is 16.0. The molecule has 0 N–H and O–H groups in total. The number of hydrogen-bond donors (Lipinski definition) is 0. The minimum absolute atomic E-state index is 0.0161. The van der Waals surface area contributed by atoms with Crippen LogP contribution in [0.5, 0.6) is 23.0 Å². The lowest BCUT2D eigenvalue weighted by Crippen LogP contribution is -2.47. The van der Waals surface area contributed by atoms with Crippen LogP contribution in [-0.2, 0) is 6.42 Å². The Morgan fingerprint density at radius 3 is 2.78 bits per heavy atom. The highest BCUT2D eigenvalue weighted by molar-refractivity contribution is 5.62. The van der Waals surface area contributed by atoms with Gasteiger partial charge in [-0.15, -0.1) is 0 Å². The van der Waals surface area contributed by atoms with Crippen LogP contribution in [-0.4, -0.2) is 45.6 Å². The van der Waals surface area contributed by atoms with E-state index in [-0.39, 0.29) is 12.8 Å². The van der Waals surface area contributed by atoms with Gasteiger partial charge in [0, 0.05) is 6.42 Å². The first-order valence-corrected chi connectivity index (χ1v) is 9.08. The van der Waals surface area contributed by atoms with Crippen LogP contribution in [0, 0.1) is 11.8 Å². The van der Waals surface area contributed by atoms with Crippen LogP contribution < -0.4 is 18.9 Å². The van der Waals surface area contributed by atoms with Gasteiger partial charge in [0.1, 0.15) is 12.4 Å². The smallest absolute Gasteiger partial charge is 0.231 e. The van der Waals surface area contributed by atoms with Crippen LogP contribution >= 0.6 is 0 Å². The summed E-state index contributed by atoms with van der Waals surface area (Å²) in [6.07, 6.45) is 0.952. The van der Waals surface area contributed by atoms with E-state index in [1.54, 1.807) is 7.11 Å². The Labute approximate surface area is 160 Å². The van der Waals surface area contributed by atoms with Gasteiger partial charge in [0.25, 0.3) is 0 Å². The second-order valence-electron chi connectivity index (χ2n) is 7.29. The van der Waals surface area contributed by atoms with Crippen LogP contribution in [0.2, 0.25) is 0 Å². The molecule has 2 aromatic carbocycles. The molecule has 0 bridgehead atoms. The van der Waals surface area contributed by atoms with E-state index in [0.29, 0.717) is 12.4 Å². The van der Waals surface area contributed by atoms with Crippen molar-refractivity contribution in [1.29, 1.82) is 0 Å². The first-order valence-electron chi connectivity index (χ1n) is 9.08. The molecule has 0 amide bonds. The van der Waals surface area contributed by atoms with Crippen molar-refractivity contribution in [2.24, 2.45) is 0 Å². The maximum atomic E-state index is 5.74. The Kier molecular flexibility index (Phi) is 4.59. The third kappa shape index (κ3) is 3.29. The summed E-state index contributed by atoms with van der Waals surface area (Å²) in [5.41, 5.74) is 2.32. The highest BCUT2D eigenvalue weighted by Gasteiger charge is 2.40. The number of ether oxygens (including phenoxy) is 4. The summed E-state index contributed by atoms with van der Waals surface area (Å²) < 4.78 is 23.5. The van der Waals surface area contributed by atoms with Gasteiger partial charge in [-0.3, -0.25) is 0 Å². The summed E-state index contributed by atoms with van der Waals surface area (Å²) in [6.45, 7) is 1.57. The van der Waals surface area contributed by atoms with Crippen molar-refractivity contribution in [3.8, 4) is 34.8 Å². The van der Waals surface area contributed by atoms with Crippen molar-refractivity contribution in [3.63, 3.8) is 0 Å². The number of para-hydroxylation sites is 1. The van der Waals surface area contributed by atoms with Gasteiger partial charge in [-0.05, 0) is 29.7 Å². The van der Waals surface area contributed by atoms with Crippen molar-refractivity contribution in [2.45, 2.75) is 12.5 Å². The average Bonchev–Trinajstić information content (AvgIpc) is 3.14. The monoisotopic (exact) mass is 366 g/mol. The molecular weight excluding hydrogens is 342 g/mol. The standard InChI is InChI=1S/C22H24NO4/c1-23(2)12-11-16-14-19-21(27-15-26-19)22(24-3)20(16)18(23)10-7-13-25-17-8-5-4-6-9-17/h4-6,8-9,14,18H,11-13,15H2,1-3H3/q+1/t18-/m1/s1. The van der Waals surface area contributed by atoms with Gasteiger partial charge < -0.3 is 23.4 Å². The van der Waals surface area contributed by atoms with E-state index >= 15 is 0 Å². The SMILES string of the molecule is COc1c2c(cc3c1[C@@H](C#CCOc1ccccc1)[N+](C)(C)CC3)OCO2. The van der Waals surface area contributed by atoms with E-state index in [4.69, 9.17) is 18.9 Å². The molecule has 2 heterocycles. The van der Waals surface area contributed by atoms with E-state index in [1.165, 1.54) is 5.56 Å². The van der Waals surface area contributed by atoms with Gasteiger partial charge in [0.05, 0.1) is 33.3 Å². The molecule has 2 aliphatic rings. The maximum absolute atomic E-state index is 5.74. The van der Waals surface area contributed by atoms with Gasteiger partial charge >= 0.3 is 0 Å². The molecule has 4 rings (SSSR count). The van der Waals surface area contributed by atoms with Gasteiger partial charge in [0.15, 0.2) is 17.5 Å². The second kappa shape index (κ2) is 7.05. The molecule has 2 aliphatic heterocycles. The molecule has 0 radical (unpaired) electrons. The van der Waals surface area contributed by atoms with E-state index in [0.717, 1.165) is 40.3 Å². The van der Waals surface area contributed by atoms with E-state index in [2.05, 4.69) is 32.0 Å². The fourth-order valence-electron chi connectivity index (χ4n) is 3.70. The van der Waals surface area contributed by atoms with Crippen molar-refractivity contribution < 1.29 is 23.4 Å². The van der Waals surface area contributed by atoms with Crippen LogP contribution in [0.15, 0.2) is 36.4 Å². The summed E-state index contributed by atoms with van der Waals surface area (Å²) in [6, 6.07) is 11.8. The molecule has 5 nitrogen and oxygen atoms in total. The molecule has 5 heteroatoms. The first kappa shape index (κ1) is 17.6. The third-order valence-electron chi connectivity index (χ3n) is 5.17. The van der Waals surface area contributed by atoms with Crippen molar-refractivity contribution >= 4 is 0 Å². The lowest BCUT2D eigenvalue weighted by atomic mass is 9.89. The maximum Gasteiger partial charge on any atom is 0.231 e. The molecule has 27 heavy (non-hydrogen) atoms. The van der Waals surface area contributed by atoms with Crippen LogP contribution in [0.25, 0.3) is 0 Å². The molecule has 2 aromatic rings. The Balaban J connectivity index is 1.66. The Morgan fingerprint density at radius 1 is 1.19 bits per heavy atom. The van der Waals surface area contributed by atoms with Gasteiger partial charge in [-0.25, -0.2) is 0 Å². The molecule has 0 aliphatic carbocycles.